The van der Waals surface area contributed by atoms with Crippen LogP contribution in [0.2, 0.25) is 0 Å². The van der Waals surface area contributed by atoms with E-state index in [1.165, 1.54) is 16.9 Å². The van der Waals surface area contributed by atoms with Crippen LogP contribution in [0.4, 0.5) is 10.2 Å². The van der Waals surface area contributed by atoms with Gasteiger partial charge in [0.05, 0.1) is 36.7 Å². The zero-order chi connectivity index (χ0) is 16.6. The van der Waals surface area contributed by atoms with E-state index in [0.29, 0.717) is 19.0 Å². The highest BCUT2D eigenvalue weighted by Gasteiger charge is 2.29. The second-order valence-electron chi connectivity index (χ2n) is 5.68. The summed E-state index contributed by atoms with van der Waals surface area (Å²) in [5, 5.41) is 16.4. The maximum atomic E-state index is 14.5. The molecule has 0 aliphatic carbocycles. The second-order valence-corrected chi connectivity index (χ2v) is 5.68. The molecule has 2 N–H and O–H groups in total. The highest BCUT2D eigenvalue weighted by atomic mass is 19.1. The third-order valence-electron chi connectivity index (χ3n) is 3.53. The number of pyridine rings is 1. The Morgan fingerprint density at radius 1 is 1.48 bits per heavy atom. The van der Waals surface area contributed by atoms with Crippen molar-refractivity contribution in [2.45, 2.75) is 25.9 Å². The predicted octanol–water partition coefficient (Wildman–Crippen LogP) is 2.17. The molecule has 0 spiro atoms. The van der Waals surface area contributed by atoms with E-state index in [-0.39, 0.29) is 28.9 Å². The largest absolute Gasteiger partial charge is 0.478 e. The summed E-state index contributed by atoms with van der Waals surface area (Å²) in [4.78, 5) is 15.3. The zero-order valence-corrected chi connectivity index (χ0v) is 12.8. The van der Waals surface area contributed by atoms with Gasteiger partial charge in [-0.3, -0.25) is 4.68 Å². The third kappa shape index (κ3) is 2.89. The van der Waals surface area contributed by atoms with E-state index in [9.17, 15) is 14.3 Å². The Labute approximate surface area is 132 Å². The topological polar surface area (TPSA) is 89.3 Å². The van der Waals surface area contributed by atoms with Crippen LogP contribution in [-0.2, 0) is 4.74 Å². The number of rotatable bonds is 5. The van der Waals surface area contributed by atoms with Gasteiger partial charge in [-0.2, -0.15) is 9.49 Å². The van der Waals surface area contributed by atoms with Crippen LogP contribution in [0.3, 0.4) is 0 Å². The molecule has 23 heavy (non-hydrogen) atoms. The minimum Gasteiger partial charge on any atom is -0.478 e. The second kappa shape index (κ2) is 5.96. The molecule has 122 valence electrons. The van der Waals surface area contributed by atoms with Crippen LogP contribution in [0, 0.1) is 5.95 Å². The molecule has 1 aliphatic rings. The Morgan fingerprint density at radius 3 is 2.74 bits per heavy atom. The van der Waals surface area contributed by atoms with Gasteiger partial charge < -0.3 is 15.2 Å². The highest BCUT2D eigenvalue weighted by Crippen LogP contribution is 2.31. The number of anilines is 1. The van der Waals surface area contributed by atoms with Crippen LogP contribution in [0.1, 0.15) is 30.2 Å². The van der Waals surface area contributed by atoms with Crippen LogP contribution >= 0.6 is 0 Å². The summed E-state index contributed by atoms with van der Waals surface area (Å²) in [5.74, 6) is -1.49. The number of carboxylic acid groups (broad SMARTS) is 1. The fraction of sp³-hybridized carbons (Fsp3) is 0.400. The molecule has 1 saturated heterocycles. The Kier molecular flexibility index (Phi) is 3.99. The number of halogens is 1. The number of hydrogen-bond acceptors (Lipinski definition) is 5. The van der Waals surface area contributed by atoms with E-state index in [2.05, 4.69) is 15.4 Å². The van der Waals surface area contributed by atoms with Crippen LogP contribution in [0.15, 0.2) is 18.3 Å². The molecule has 2 aromatic heterocycles. The number of ether oxygens (including phenoxy) is 1. The number of aromatic carboxylic acids is 1. The number of aromatic nitrogens is 3. The Morgan fingerprint density at radius 2 is 2.22 bits per heavy atom. The molecule has 2 aromatic rings. The van der Waals surface area contributed by atoms with Crippen LogP contribution < -0.4 is 5.32 Å². The lowest BCUT2D eigenvalue weighted by Crippen LogP contribution is -2.32. The molecule has 0 unspecified atom stereocenters. The number of hydrogen-bond donors (Lipinski definition) is 2. The lowest BCUT2D eigenvalue weighted by molar-refractivity contribution is -0.0279. The summed E-state index contributed by atoms with van der Waals surface area (Å²) in [6.45, 7) is 4.69. The summed E-state index contributed by atoms with van der Waals surface area (Å²) >= 11 is 0. The van der Waals surface area contributed by atoms with E-state index in [4.69, 9.17) is 4.74 Å². The van der Waals surface area contributed by atoms with Crippen molar-refractivity contribution in [1.82, 2.24) is 14.8 Å². The lowest BCUT2D eigenvalue weighted by atomic mass is 10.1. The molecule has 3 rings (SSSR count). The fourth-order valence-corrected chi connectivity index (χ4v) is 2.42. The molecule has 7 nitrogen and oxygen atoms in total. The average molecular weight is 320 g/mol. The molecule has 0 saturated carbocycles. The van der Waals surface area contributed by atoms with E-state index >= 15 is 0 Å². The third-order valence-corrected chi connectivity index (χ3v) is 3.53. The van der Waals surface area contributed by atoms with Gasteiger partial charge >= 0.3 is 5.97 Å². The van der Waals surface area contributed by atoms with Gasteiger partial charge in [-0.25, -0.2) is 9.78 Å². The van der Waals surface area contributed by atoms with Crippen molar-refractivity contribution in [2.24, 2.45) is 0 Å². The highest BCUT2D eigenvalue weighted by molar-refractivity contribution is 5.94. The van der Waals surface area contributed by atoms with Gasteiger partial charge in [-0.15, -0.1) is 0 Å². The van der Waals surface area contributed by atoms with Crippen molar-refractivity contribution in [3.8, 4) is 11.3 Å². The van der Waals surface area contributed by atoms with E-state index in [1.807, 2.05) is 13.8 Å². The molecule has 1 aliphatic heterocycles. The van der Waals surface area contributed by atoms with Crippen molar-refractivity contribution < 1.29 is 19.0 Å². The first-order valence-electron chi connectivity index (χ1n) is 7.29. The average Bonchev–Trinajstić information content (AvgIpc) is 2.80. The molecule has 0 aromatic carbocycles. The summed E-state index contributed by atoms with van der Waals surface area (Å²) in [5.41, 5.74) is 0.273. The smallest absolute Gasteiger partial charge is 0.339 e. The van der Waals surface area contributed by atoms with E-state index in [1.54, 1.807) is 6.07 Å². The number of nitrogens with one attached hydrogen (secondary N) is 1. The number of nitrogens with zero attached hydrogens (tertiary/aromatic N) is 3. The van der Waals surface area contributed by atoms with Gasteiger partial charge in [-0.05, 0) is 26.0 Å². The van der Waals surface area contributed by atoms with Gasteiger partial charge in [0.25, 0.3) is 0 Å². The minimum atomic E-state index is -1.16. The normalized spacial score (nSPS) is 14.8. The van der Waals surface area contributed by atoms with Gasteiger partial charge in [0.2, 0.25) is 5.95 Å². The zero-order valence-electron chi connectivity index (χ0n) is 12.8. The van der Waals surface area contributed by atoms with Crippen LogP contribution in [0.5, 0.6) is 0 Å². The fourth-order valence-electron chi connectivity index (χ4n) is 2.42. The van der Waals surface area contributed by atoms with Crippen LogP contribution in [0.25, 0.3) is 11.3 Å². The van der Waals surface area contributed by atoms with Crippen molar-refractivity contribution >= 4 is 11.8 Å². The molecule has 0 bridgehead atoms. The van der Waals surface area contributed by atoms with Crippen molar-refractivity contribution in [3.63, 3.8) is 0 Å². The van der Waals surface area contributed by atoms with Crippen molar-refractivity contribution in [2.75, 3.05) is 18.5 Å². The maximum absolute atomic E-state index is 14.5. The molecular weight excluding hydrogens is 303 g/mol. The molecule has 0 radical (unpaired) electrons. The molecule has 3 heterocycles. The Balaban J connectivity index is 2.06. The van der Waals surface area contributed by atoms with Gasteiger partial charge in [-0.1, -0.05) is 0 Å². The Hall–Kier alpha value is -2.48. The predicted molar refractivity (Wildman–Crippen MR) is 81.0 cm³/mol. The monoisotopic (exact) mass is 320 g/mol. The first-order chi connectivity index (χ1) is 11.0. The summed E-state index contributed by atoms with van der Waals surface area (Å²) in [6.07, 6.45) is 1.23. The first-order valence-corrected chi connectivity index (χ1v) is 7.29. The van der Waals surface area contributed by atoms with Crippen molar-refractivity contribution in [3.05, 3.63) is 29.8 Å². The standard InChI is InChI=1S/C15H17FN4O3/c1-8(2)18-12-4-3-10(14(16)19-12)13-11(15(21)22)5-17-20(13)9-6-23-7-9/h3-5,8-9H,6-7H2,1-2H3,(H,18,19)(H,21,22). The SMILES string of the molecule is CC(C)Nc1ccc(-c2c(C(=O)O)cnn2C2COC2)c(F)n1. The maximum Gasteiger partial charge on any atom is 0.339 e. The Bertz CT molecular complexity index is 740. The molecule has 1 fully saturated rings. The van der Waals surface area contributed by atoms with E-state index < -0.39 is 11.9 Å². The first kappa shape index (κ1) is 15.4. The minimum absolute atomic E-state index is 0.0535. The molecule has 0 amide bonds. The summed E-state index contributed by atoms with van der Waals surface area (Å²) < 4.78 is 21.1. The van der Waals surface area contributed by atoms with Crippen molar-refractivity contribution in [1.29, 1.82) is 0 Å². The molecule has 0 atom stereocenters. The molecular formula is C15H17FN4O3. The van der Waals surface area contributed by atoms with Gasteiger partial charge in [0.15, 0.2) is 0 Å². The van der Waals surface area contributed by atoms with Gasteiger partial charge in [0, 0.05) is 6.04 Å². The molecule has 8 heteroatoms. The number of carboxylic acids is 1. The van der Waals surface area contributed by atoms with Crippen LogP contribution in [-0.4, -0.2) is 45.1 Å². The summed E-state index contributed by atoms with van der Waals surface area (Å²) in [7, 11) is 0. The quantitative estimate of drug-likeness (QED) is 0.821. The lowest BCUT2D eigenvalue weighted by Gasteiger charge is -2.28. The van der Waals surface area contributed by atoms with E-state index in [0.717, 1.165) is 0 Å². The number of carbonyl (C=O) groups is 1. The van der Waals surface area contributed by atoms with Gasteiger partial charge in [0.1, 0.15) is 11.4 Å². The summed E-state index contributed by atoms with van der Waals surface area (Å²) in [6, 6.07) is 3.16.